The van der Waals surface area contributed by atoms with Gasteiger partial charge in [-0.3, -0.25) is 9.69 Å². The van der Waals surface area contributed by atoms with E-state index in [2.05, 4.69) is 0 Å². The number of hydrogen-bond donors (Lipinski definition) is 2. The molecule has 1 rings (SSSR count). The average Bonchev–Trinajstić information content (AvgIpc) is 2.36. The van der Waals surface area contributed by atoms with Crippen molar-refractivity contribution in [2.75, 3.05) is 20.7 Å². The number of carbonyl (C=O) groups is 1. The monoisotopic (exact) mass is 267 g/mol. The largest absolute Gasteiger partial charge is 0.497 e. The highest BCUT2D eigenvalue weighted by atomic mass is 16.5. The lowest BCUT2D eigenvalue weighted by Gasteiger charge is -2.20. The summed E-state index contributed by atoms with van der Waals surface area (Å²) >= 11 is 0. The normalized spacial score (nSPS) is 12.4. The average molecular weight is 267 g/mol. The number of carboxylic acid groups (broad SMARTS) is 1. The van der Waals surface area contributed by atoms with Crippen molar-refractivity contribution in [1.29, 1.82) is 0 Å². The summed E-state index contributed by atoms with van der Waals surface area (Å²) in [7, 11) is 3.52. The molecule has 1 atom stereocenters. The highest BCUT2D eigenvalue weighted by Gasteiger charge is 2.10. The summed E-state index contributed by atoms with van der Waals surface area (Å²) in [6, 6.07) is 7.73. The van der Waals surface area contributed by atoms with Gasteiger partial charge in [-0.2, -0.15) is 0 Å². The van der Waals surface area contributed by atoms with E-state index in [0.29, 0.717) is 13.1 Å². The molecule has 0 bridgehead atoms. The van der Waals surface area contributed by atoms with Crippen LogP contribution in [0.5, 0.6) is 5.75 Å². The molecule has 0 fully saturated rings. The van der Waals surface area contributed by atoms with Gasteiger partial charge >= 0.3 is 5.97 Å². The van der Waals surface area contributed by atoms with Crippen LogP contribution < -0.4 is 4.74 Å². The van der Waals surface area contributed by atoms with Crippen LogP contribution >= 0.6 is 0 Å². The van der Waals surface area contributed by atoms with E-state index < -0.39 is 12.1 Å². The fourth-order valence-electron chi connectivity index (χ4n) is 1.89. The summed E-state index contributed by atoms with van der Waals surface area (Å²) in [6.07, 6.45) is -0.349. The number of nitrogens with zero attached hydrogens (tertiary/aromatic N) is 1. The van der Waals surface area contributed by atoms with E-state index in [4.69, 9.17) is 9.84 Å². The summed E-state index contributed by atoms with van der Waals surface area (Å²) in [5, 5.41) is 18.3. The molecule has 0 aliphatic carbocycles. The Morgan fingerprint density at radius 3 is 2.84 bits per heavy atom. The van der Waals surface area contributed by atoms with Crippen LogP contribution in [0.25, 0.3) is 0 Å². The second-order valence-corrected chi connectivity index (χ2v) is 4.63. The summed E-state index contributed by atoms with van der Waals surface area (Å²) in [6.45, 7) is 1.13. The predicted octanol–water partition coefficient (Wildman–Crippen LogP) is 1.35. The third kappa shape index (κ3) is 6.22. The van der Waals surface area contributed by atoms with Crippen LogP contribution in [-0.4, -0.2) is 47.9 Å². The first kappa shape index (κ1) is 15.5. The molecular formula is C14H21NO4. The number of rotatable bonds is 8. The zero-order chi connectivity index (χ0) is 14.3. The smallest absolute Gasteiger partial charge is 0.303 e. The van der Waals surface area contributed by atoms with Gasteiger partial charge in [0.15, 0.2) is 0 Å². The zero-order valence-electron chi connectivity index (χ0n) is 11.4. The van der Waals surface area contributed by atoms with Crippen molar-refractivity contribution in [3.8, 4) is 5.75 Å². The molecule has 1 unspecified atom stereocenters. The van der Waals surface area contributed by atoms with E-state index in [1.54, 1.807) is 7.11 Å². The molecule has 0 spiro atoms. The highest BCUT2D eigenvalue weighted by molar-refractivity contribution is 5.66. The van der Waals surface area contributed by atoms with Gasteiger partial charge in [0.25, 0.3) is 0 Å². The van der Waals surface area contributed by atoms with E-state index in [1.807, 2.05) is 36.2 Å². The van der Waals surface area contributed by atoms with Gasteiger partial charge in [0.05, 0.1) is 13.2 Å². The Balaban J connectivity index is 2.41. The SMILES string of the molecule is COc1cccc(CN(C)CC(O)CCC(=O)O)c1. The van der Waals surface area contributed by atoms with Gasteiger partial charge in [-0.15, -0.1) is 0 Å². The third-order valence-electron chi connectivity index (χ3n) is 2.80. The number of aliphatic hydroxyl groups excluding tert-OH is 1. The number of aliphatic carboxylic acids is 1. The summed E-state index contributed by atoms with van der Waals surface area (Å²) in [4.78, 5) is 12.4. The van der Waals surface area contributed by atoms with E-state index in [1.165, 1.54) is 0 Å². The maximum Gasteiger partial charge on any atom is 0.303 e. The lowest BCUT2D eigenvalue weighted by Crippen LogP contribution is -2.29. The Hall–Kier alpha value is -1.59. The minimum atomic E-state index is -0.880. The van der Waals surface area contributed by atoms with Crippen molar-refractivity contribution in [2.24, 2.45) is 0 Å². The van der Waals surface area contributed by atoms with Gasteiger partial charge < -0.3 is 14.9 Å². The van der Waals surface area contributed by atoms with Crippen LogP contribution in [0, 0.1) is 0 Å². The van der Waals surface area contributed by atoms with E-state index in [9.17, 15) is 9.90 Å². The molecule has 0 aliphatic heterocycles. The van der Waals surface area contributed by atoms with E-state index in [0.717, 1.165) is 11.3 Å². The van der Waals surface area contributed by atoms with E-state index in [-0.39, 0.29) is 12.8 Å². The van der Waals surface area contributed by atoms with Gasteiger partial charge in [-0.1, -0.05) is 12.1 Å². The van der Waals surface area contributed by atoms with Gasteiger partial charge in [0, 0.05) is 19.5 Å². The number of methoxy groups -OCH3 is 1. The van der Waals surface area contributed by atoms with Crippen LogP contribution in [0.1, 0.15) is 18.4 Å². The molecule has 1 aromatic rings. The van der Waals surface area contributed by atoms with Crippen LogP contribution in [0.4, 0.5) is 0 Å². The molecule has 5 heteroatoms. The number of likely N-dealkylation sites (N-methyl/N-ethyl adjacent to an activating group) is 1. The lowest BCUT2D eigenvalue weighted by atomic mass is 10.1. The van der Waals surface area contributed by atoms with Crippen molar-refractivity contribution >= 4 is 5.97 Å². The standard InChI is InChI=1S/C14H21NO4/c1-15(10-12(16)6-7-14(17)18)9-11-4-3-5-13(8-11)19-2/h3-5,8,12,16H,6-7,9-10H2,1-2H3,(H,17,18). The fourth-order valence-corrected chi connectivity index (χ4v) is 1.89. The Morgan fingerprint density at radius 2 is 2.21 bits per heavy atom. The number of benzene rings is 1. The number of aliphatic hydroxyl groups is 1. The molecule has 106 valence electrons. The Bertz CT molecular complexity index is 408. The second-order valence-electron chi connectivity index (χ2n) is 4.63. The minimum absolute atomic E-state index is 0.00579. The first-order chi connectivity index (χ1) is 9.01. The van der Waals surface area contributed by atoms with Crippen LogP contribution in [0.15, 0.2) is 24.3 Å². The molecule has 0 amide bonds. The Morgan fingerprint density at radius 1 is 1.47 bits per heavy atom. The molecule has 19 heavy (non-hydrogen) atoms. The second kappa shape index (κ2) is 7.76. The molecule has 2 N–H and O–H groups in total. The maximum absolute atomic E-state index is 10.4. The Kier molecular flexibility index (Phi) is 6.32. The number of carboxylic acids is 1. The van der Waals surface area contributed by atoms with Gasteiger partial charge in [-0.05, 0) is 31.2 Å². The number of hydrogen-bond acceptors (Lipinski definition) is 4. The molecule has 0 saturated heterocycles. The first-order valence-electron chi connectivity index (χ1n) is 6.22. The van der Waals surface area contributed by atoms with Crippen LogP contribution in [0.3, 0.4) is 0 Å². The lowest BCUT2D eigenvalue weighted by molar-refractivity contribution is -0.137. The van der Waals surface area contributed by atoms with Crippen molar-refractivity contribution in [2.45, 2.75) is 25.5 Å². The molecular weight excluding hydrogens is 246 g/mol. The van der Waals surface area contributed by atoms with Crippen molar-refractivity contribution in [3.05, 3.63) is 29.8 Å². The third-order valence-corrected chi connectivity index (χ3v) is 2.80. The molecule has 0 saturated carbocycles. The first-order valence-corrected chi connectivity index (χ1v) is 6.22. The molecule has 5 nitrogen and oxygen atoms in total. The summed E-state index contributed by atoms with van der Waals surface area (Å²) in [5.41, 5.74) is 1.09. The van der Waals surface area contributed by atoms with Gasteiger partial charge in [-0.25, -0.2) is 0 Å². The highest BCUT2D eigenvalue weighted by Crippen LogP contribution is 2.14. The Labute approximate surface area is 113 Å². The molecule has 1 aromatic carbocycles. The molecule has 0 aromatic heterocycles. The van der Waals surface area contributed by atoms with Crippen LogP contribution in [0.2, 0.25) is 0 Å². The summed E-state index contributed by atoms with van der Waals surface area (Å²) in [5.74, 6) is -0.0770. The number of ether oxygens (including phenoxy) is 1. The fraction of sp³-hybridized carbons (Fsp3) is 0.500. The maximum atomic E-state index is 10.4. The van der Waals surface area contributed by atoms with Crippen molar-refractivity contribution < 1.29 is 19.7 Å². The van der Waals surface area contributed by atoms with Gasteiger partial charge in [0.2, 0.25) is 0 Å². The topological polar surface area (TPSA) is 70.0 Å². The van der Waals surface area contributed by atoms with Crippen LogP contribution in [-0.2, 0) is 11.3 Å². The quantitative estimate of drug-likeness (QED) is 0.744. The zero-order valence-corrected chi connectivity index (χ0v) is 11.4. The predicted molar refractivity (Wildman–Crippen MR) is 72.2 cm³/mol. The molecule has 0 aliphatic rings. The van der Waals surface area contributed by atoms with Gasteiger partial charge in [0.1, 0.15) is 5.75 Å². The summed E-state index contributed by atoms with van der Waals surface area (Å²) < 4.78 is 5.15. The van der Waals surface area contributed by atoms with E-state index >= 15 is 0 Å². The van der Waals surface area contributed by atoms with Crippen molar-refractivity contribution in [3.63, 3.8) is 0 Å². The van der Waals surface area contributed by atoms with Crippen molar-refractivity contribution in [1.82, 2.24) is 4.90 Å². The molecule has 0 radical (unpaired) electrons. The minimum Gasteiger partial charge on any atom is -0.497 e. The molecule has 0 heterocycles.